The monoisotopic (exact) mass is 250 g/mol. The van der Waals surface area contributed by atoms with Crippen LogP contribution in [0.4, 0.5) is 0 Å². The molecular formula is C12H12NO5-. The number of aliphatic carboxylic acids is 2. The van der Waals surface area contributed by atoms with Gasteiger partial charge in [0.25, 0.3) is 0 Å². The molecule has 6 nitrogen and oxygen atoms in total. The molecule has 3 N–H and O–H groups in total. The molecule has 0 unspecified atom stereocenters. The normalized spacial score (nSPS) is 11.8. The fourth-order valence-electron chi connectivity index (χ4n) is 1.40. The number of nitrogens with two attached hydrogens (primary N) is 1. The van der Waals surface area contributed by atoms with E-state index >= 15 is 0 Å². The van der Waals surface area contributed by atoms with Gasteiger partial charge in [-0.3, -0.25) is 9.59 Å². The second-order valence-electron chi connectivity index (χ2n) is 3.82. The highest BCUT2D eigenvalue weighted by molar-refractivity contribution is 6.05. The van der Waals surface area contributed by atoms with Crippen LogP contribution >= 0.6 is 0 Å². The minimum Gasteiger partial charge on any atom is -0.550 e. The molecule has 0 radical (unpaired) electrons. The van der Waals surface area contributed by atoms with Gasteiger partial charge >= 0.3 is 5.97 Å². The molecule has 96 valence electrons. The van der Waals surface area contributed by atoms with Gasteiger partial charge in [-0.05, 0) is 12.0 Å². The van der Waals surface area contributed by atoms with E-state index in [2.05, 4.69) is 0 Å². The maximum absolute atomic E-state index is 11.4. The quantitative estimate of drug-likeness (QED) is 0.491. The van der Waals surface area contributed by atoms with Crippen molar-refractivity contribution >= 4 is 17.7 Å². The summed E-state index contributed by atoms with van der Waals surface area (Å²) in [7, 11) is 0. The van der Waals surface area contributed by atoms with Crippen LogP contribution in [0.3, 0.4) is 0 Å². The van der Waals surface area contributed by atoms with Crippen molar-refractivity contribution in [2.75, 3.05) is 0 Å². The van der Waals surface area contributed by atoms with Gasteiger partial charge in [0.2, 0.25) is 0 Å². The Morgan fingerprint density at radius 3 is 2.22 bits per heavy atom. The zero-order valence-electron chi connectivity index (χ0n) is 9.46. The van der Waals surface area contributed by atoms with Gasteiger partial charge in [-0.15, -0.1) is 0 Å². The molecule has 0 aromatic heterocycles. The molecule has 0 aliphatic heterocycles. The third-order valence-corrected chi connectivity index (χ3v) is 2.35. The molecule has 1 atom stereocenters. The van der Waals surface area contributed by atoms with E-state index < -0.39 is 30.2 Å². The van der Waals surface area contributed by atoms with Crippen molar-refractivity contribution in [2.45, 2.75) is 18.9 Å². The zero-order valence-corrected chi connectivity index (χ0v) is 9.46. The van der Waals surface area contributed by atoms with Gasteiger partial charge in [-0.1, -0.05) is 24.3 Å². The van der Waals surface area contributed by atoms with Crippen LogP contribution in [-0.2, 0) is 16.0 Å². The number of carboxylic acids is 2. The topological polar surface area (TPSA) is 121 Å². The first-order valence-corrected chi connectivity index (χ1v) is 5.20. The van der Waals surface area contributed by atoms with E-state index in [9.17, 15) is 19.5 Å². The summed E-state index contributed by atoms with van der Waals surface area (Å²) in [5.74, 6) is -3.09. The van der Waals surface area contributed by atoms with Crippen LogP contribution in [-0.4, -0.2) is 28.9 Å². The van der Waals surface area contributed by atoms with Crippen molar-refractivity contribution in [3.63, 3.8) is 0 Å². The largest absolute Gasteiger partial charge is 0.550 e. The van der Waals surface area contributed by atoms with Gasteiger partial charge in [0, 0.05) is 11.5 Å². The Balaban J connectivity index is 2.71. The number of hydrogen-bond acceptors (Lipinski definition) is 5. The summed E-state index contributed by atoms with van der Waals surface area (Å²) in [6.45, 7) is 0. The first kappa shape index (κ1) is 13.9. The number of ketones is 1. The molecule has 0 aliphatic rings. The maximum atomic E-state index is 11.4. The number of benzene rings is 1. The Kier molecular flexibility index (Phi) is 4.56. The summed E-state index contributed by atoms with van der Waals surface area (Å²) >= 11 is 0. The van der Waals surface area contributed by atoms with Crippen molar-refractivity contribution < 1.29 is 24.6 Å². The predicted molar refractivity (Wildman–Crippen MR) is 59.7 cm³/mol. The van der Waals surface area contributed by atoms with Crippen LogP contribution in [0.5, 0.6) is 0 Å². The van der Waals surface area contributed by atoms with Crippen molar-refractivity contribution in [2.24, 2.45) is 5.73 Å². The molecule has 18 heavy (non-hydrogen) atoms. The number of Topliss-reactive ketones (excluding diaryl/α,β-unsaturated/α-hetero) is 1. The molecule has 0 saturated heterocycles. The molecule has 0 heterocycles. The highest BCUT2D eigenvalue weighted by Crippen LogP contribution is 2.08. The molecule has 1 aromatic carbocycles. The maximum Gasteiger partial charge on any atom is 0.320 e. The third kappa shape index (κ3) is 3.99. The number of rotatable bonds is 6. The summed E-state index contributed by atoms with van der Waals surface area (Å²) in [5, 5.41) is 18.9. The molecular weight excluding hydrogens is 238 g/mol. The summed E-state index contributed by atoms with van der Waals surface area (Å²) in [4.78, 5) is 32.2. The van der Waals surface area contributed by atoms with Crippen LogP contribution in [0.1, 0.15) is 22.3 Å². The number of carbonyl (C=O) groups is 3. The Labute approximate surface area is 103 Å². The highest BCUT2D eigenvalue weighted by Gasteiger charge is 2.12. The number of hydrogen-bond donors (Lipinski definition) is 2. The molecule has 0 amide bonds. The third-order valence-electron chi connectivity index (χ3n) is 2.35. The average molecular weight is 250 g/mol. The minimum atomic E-state index is -1.43. The Morgan fingerprint density at radius 1 is 1.22 bits per heavy atom. The smallest absolute Gasteiger partial charge is 0.320 e. The highest BCUT2D eigenvalue weighted by atomic mass is 16.4. The molecule has 0 fully saturated rings. The van der Waals surface area contributed by atoms with Gasteiger partial charge in [-0.2, -0.15) is 0 Å². The first-order chi connectivity index (χ1) is 8.40. The van der Waals surface area contributed by atoms with Crippen molar-refractivity contribution in [3.8, 4) is 0 Å². The van der Waals surface area contributed by atoms with E-state index in [1.807, 2.05) is 0 Å². The minimum absolute atomic E-state index is 0.143. The first-order valence-electron chi connectivity index (χ1n) is 5.20. The van der Waals surface area contributed by atoms with Crippen LogP contribution in [0.15, 0.2) is 24.3 Å². The van der Waals surface area contributed by atoms with Crippen LogP contribution < -0.4 is 10.8 Å². The van der Waals surface area contributed by atoms with Gasteiger partial charge in [0.1, 0.15) is 6.04 Å². The van der Waals surface area contributed by atoms with E-state index in [0.717, 1.165) is 0 Å². The zero-order chi connectivity index (χ0) is 13.7. The van der Waals surface area contributed by atoms with Gasteiger partial charge in [-0.25, -0.2) is 0 Å². The number of carbonyl (C=O) groups excluding carboxylic acids is 2. The molecule has 0 spiro atoms. The van der Waals surface area contributed by atoms with E-state index in [1.165, 1.54) is 12.1 Å². The molecule has 6 heteroatoms. The van der Waals surface area contributed by atoms with E-state index in [-0.39, 0.29) is 12.0 Å². The summed E-state index contributed by atoms with van der Waals surface area (Å²) < 4.78 is 0. The fraction of sp³-hybridized carbons (Fsp3) is 0.250. The van der Waals surface area contributed by atoms with Gasteiger partial charge < -0.3 is 20.7 Å². The Bertz CT molecular complexity index is 466. The summed E-state index contributed by atoms with van der Waals surface area (Å²) in [6, 6.07) is 4.97. The molecule has 1 aromatic rings. The van der Waals surface area contributed by atoms with Crippen molar-refractivity contribution in [1.29, 1.82) is 0 Å². The van der Waals surface area contributed by atoms with E-state index in [1.54, 1.807) is 12.1 Å². The summed E-state index contributed by atoms with van der Waals surface area (Å²) in [5.41, 5.74) is 6.26. The number of carboxylic acid groups (broad SMARTS) is 2. The van der Waals surface area contributed by atoms with E-state index in [4.69, 9.17) is 10.8 Å². The second-order valence-corrected chi connectivity index (χ2v) is 3.82. The predicted octanol–water partition coefficient (Wildman–Crippen LogP) is -1.04. The van der Waals surface area contributed by atoms with Gasteiger partial charge in [0.15, 0.2) is 5.78 Å². The lowest BCUT2D eigenvalue weighted by molar-refractivity contribution is -0.304. The lowest BCUT2D eigenvalue weighted by Gasteiger charge is -2.07. The van der Waals surface area contributed by atoms with E-state index in [0.29, 0.717) is 5.56 Å². The standard InChI is InChI=1S/C12H13NO5/c13-9(12(17)18)5-7-1-3-8(4-2-7)10(14)6-11(15)16/h1-4,9H,5-6,13H2,(H,15,16)(H,17,18)/p-1/t9-/m0/s1. The van der Waals surface area contributed by atoms with Crippen LogP contribution in [0.2, 0.25) is 0 Å². The average Bonchev–Trinajstić information content (AvgIpc) is 2.28. The SMILES string of the molecule is N[C@@H](Cc1ccc(C(=O)CC(=O)[O-])cc1)C(=O)O. The Hall–Kier alpha value is -2.21. The van der Waals surface area contributed by atoms with Gasteiger partial charge in [0.05, 0.1) is 6.42 Å². The lowest BCUT2D eigenvalue weighted by atomic mass is 10.0. The van der Waals surface area contributed by atoms with Crippen molar-refractivity contribution in [1.82, 2.24) is 0 Å². The second kappa shape index (κ2) is 5.92. The van der Waals surface area contributed by atoms with Crippen molar-refractivity contribution in [3.05, 3.63) is 35.4 Å². The van der Waals surface area contributed by atoms with Crippen LogP contribution in [0.25, 0.3) is 0 Å². The summed E-state index contributed by atoms with van der Waals surface area (Å²) in [6.07, 6.45) is -0.529. The Morgan fingerprint density at radius 2 is 1.78 bits per heavy atom. The molecule has 0 aliphatic carbocycles. The lowest BCUT2D eigenvalue weighted by Crippen LogP contribution is -2.32. The van der Waals surface area contributed by atoms with Crippen LogP contribution in [0, 0.1) is 0 Å². The fourth-order valence-corrected chi connectivity index (χ4v) is 1.40. The molecule has 1 rings (SSSR count). The molecule has 0 saturated carbocycles. The molecule has 0 bridgehead atoms.